The summed E-state index contributed by atoms with van der Waals surface area (Å²) in [5, 5.41) is 13.5. The largest absolute Gasteiger partial charge is 0.368 e. The van der Waals surface area contributed by atoms with E-state index in [-0.39, 0.29) is 5.91 Å². The predicted octanol–water partition coefficient (Wildman–Crippen LogP) is 2.12. The average Bonchev–Trinajstić information content (AvgIpc) is 2.91. The van der Waals surface area contributed by atoms with E-state index in [9.17, 15) is 4.79 Å². The van der Waals surface area contributed by atoms with Gasteiger partial charge in [0.25, 0.3) is 5.91 Å². The zero-order valence-corrected chi connectivity index (χ0v) is 16.4. The summed E-state index contributed by atoms with van der Waals surface area (Å²) in [5.74, 6) is 2.55. The van der Waals surface area contributed by atoms with Crippen molar-refractivity contribution in [3.8, 4) is 0 Å². The van der Waals surface area contributed by atoms with Gasteiger partial charge in [-0.2, -0.15) is 5.10 Å². The zero-order valence-electron chi connectivity index (χ0n) is 16.4. The number of hydrogen-bond donors (Lipinski definition) is 3. The average molecular weight is 380 g/mol. The van der Waals surface area contributed by atoms with Crippen molar-refractivity contribution in [2.24, 2.45) is 7.05 Å². The zero-order chi connectivity index (χ0) is 20.1. The molecule has 3 aromatic heterocycles. The number of nitrogens with zero attached hydrogens (tertiary/aromatic N) is 5. The van der Waals surface area contributed by atoms with Crippen LogP contribution in [0, 0.1) is 20.8 Å². The number of aryl methyl sites for hydroxylation is 3. The number of carbonyl (C=O) groups excluding carboxylic acids is 1. The van der Waals surface area contributed by atoms with Crippen LogP contribution in [-0.2, 0) is 7.05 Å². The van der Waals surface area contributed by atoms with Gasteiger partial charge in [0.2, 0.25) is 0 Å². The van der Waals surface area contributed by atoms with E-state index in [0.29, 0.717) is 41.9 Å². The quantitative estimate of drug-likeness (QED) is 0.539. The highest BCUT2D eigenvalue weighted by Gasteiger charge is 2.16. The molecule has 0 aliphatic carbocycles. The third-order valence-electron chi connectivity index (χ3n) is 4.21. The summed E-state index contributed by atoms with van der Waals surface area (Å²) >= 11 is 0. The lowest BCUT2D eigenvalue weighted by atomic mass is 10.2. The molecular weight excluding hydrogens is 356 g/mol. The Bertz CT molecular complexity index is 968. The van der Waals surface area contributed by atoms with E-state index in [4.69, 9.17) is 0 Å². The molecular formula is C19H24N8O. The third-order valence-corrected chi connectivity index (χ3v) is 4.21. The lowest BCUT2D eigenvalue weighted by molar-refractivity contribution is 0.0954. The highest BCUT2D eigenvalue weighted by Crippen LogP contribution is 2.15. The Hall–Kier alpha value is -3.49. The molecule has 0 unspecified atom stereocenters. The number of pyridine rings is 1. The second-order valence-corrected chi connectivity index (χ2v) is 6.38. The van der Waals surface area contributed by atoms with Crippen molar-refractivity contribution in [3.63, 3.8) is 0 Å². The van der Waals surface area contributed by atoms with Gasteiger partial charge in [-0.15, -0.1) is 0 Å². The summed E-state index contributed by atoms with van der Waals surface area (Å²) in [4.78, 5) is 25.4. The highest BCUT2D eigenvalue weighted by atomic mass is 16.1. The van der Waals surface area contributed by atoms with Crippen molar-refractivity contribution in [3.05, 3.63) is 53.2 Å². The van der Waals surface area contributed by atoms with E-state index < -0.39 is 0 Å². The van der Waals surface area contributed by atoms with Gasteiger partial charge in [0.1, 0.15) is 23.3 Å². The maximum Gasteiger partial charge on any atom is 0.255 e. The monoisotopic (exact) mass is 380 g/mol. The Kier molecular flexibility index (Phi) is 5.83. The van der Waals surface area contributed by atoms with Crippen molar-refractivity contribution in [1.82, 2.24) is 30.0 Å². The fourth-order valence-electron chi connectivity index (χ4n) is 2.85. The lowest BCUT2D eigenvalue weighted by Gasteiger charge is -2.10. The maximum atomic E-state index is 12.4. The Morgan fingerprint density at radius 1 is 1.07 bits per heavy atom. The minimum absolute atomic E-state index is 0.124. The van der Waals surface area contributed by atoms with Crippen LogP contribution >= 0.6 is 0 Å². The molecule has 0 bridgehead atoms. The molecule has 0 atom stereocenters. The molecule has 9 heteroatoms. The molecule has 0 aliphatic rings. The fourth-order valence-corrected chi connectivity index (χ4v) is 2.85. The smallest absolute Gasteiger partial charge is 0.255 e. The van der Waals surface area contributed by atoms with Crippen LogP contribution in [0.15, 0.2) is 30.5 Å². The van der Waals surface area contributed by atoms with Crippen LogP contribution in [0.2, 0.25) is 0 Å². The molecule has 146 valence electrons. The molecule has 0 radical (unpaired) electrons. The van der Waals surface area contributed by atoms with E-state index in [1.165, 1.54) is 0 Å². The Morgan fingerprint density at radius 3 is 2.54 bits per heavy atom. The number of nitrogens with one attached hydrogen (secondary N) is 3. The summed E-state index contributed by atoms with van der Waals surface area (Å²) in [6, 6.07) is 7.42. The summed E-state index contributed by atoms with van der Waals surface area (Å²) in [6.07, 6.45) is 1.71. The second kappa shape index (κ2) is 8.47. The normalized spacial score (nSPS) is 10.6. The summed E-state index contributed by atoms with van der Waals surface area (Å²) < 4.78 is 1.71. The Balaban J connectivity index is 1.55. The number of rotatable bonds is 7. The Labute approximate surface area is 163 Å². The molecule has 3 N–H and O–H groups in total. The van der Waals surface area contributed by atoms with Gasteiger partial charge < -0.3 is 16.0 Å². The van der Waals surface area contributed by atoms with E-state index in [1.807, 2.05) is 46.0 Å². The van der Waals surface area contributed by atoms with E-state index in [0.717, 1.165) is 11.4 Å². The molecule has 0 aliphatic heterocycles. The highest BCUT2D eigenvalue weighted by molar-refractivity contribution is 5.96. The van der Waals surface area contributed by atoms with Crippen molar-refractivity contribution in [2.75, 3.05) is 23.7 Å². The van der Waals surface area contributed by atoms with Crippen LogP contribution in [-0.4, -0.2) is 43.7 Å². The van der Waals surface area contributed by atoms with Crippen molar-refractivity contribution in [2.45, 2.75) is 20.8 Å². The Morgan fingerprint density at radius 2 is 1.86 bits per heavy atom. The number of amides is 1. The van der Waals surface area contributed by atoms with Gasteiger partial charge in [-0.1, -0.05) is 6.07 Å². The summed E-state index contributed by atoms with van der Waals surface area (Å²) in [5.41, 5.74) is 2.20. The molecule has 0 aromatic carbocycles. The first-order chi connectivity index (χ1) is 13.4. The first-order valence-electron chi connectivity index (χ1n) is 9.00. The number of carbonyl (C=O) groups is 1. The van der Waals surface area contributed by atoms with E-state index >= 15 is 0 Å². The lowest BCUT2D eigenvalue weighted by Crippen LogP contribution is -2.29. The molecule has 0 saturated heterocycles. The molecule has 3 rings (SSSR count). The first kappa shape index (κ1) is 19.3. The molecule has 3 heterocycles. The second-order valence-electron chi connectivity index (χ2n) is 6.38. The molecule has 1 amide bonds. The predicted molar refractivity (Wildman–Crippen MR) is 108 cm³/mol. The number of aromatic nitrogens is 5. The van der Waals surface area contributed by atoms with Gasteiger partial charge >= 0.3 is 0 Å². The van der Waals surface area contributed by atoms with Crippen LogP contribution in [0.4, 0.5) is 17.5 Å². The first-order valence-corrected chi connectivity index (χ1v) is 9.00. The number of hydrogen-bond acceptors (Lipinski definition) is 7. The summed E-state index contributed by atoms with van der Waals surface area (Å²) in [6.45, 7) is 6.53. The van der Waals surface area contributed by atoms with Crippen LogP contribution < -0.4 is 16.0 Å². The minimum atomic E-state index is -0.124. The van der Waals surface area contributed by atoms with Gasteiger partial charge in [-0.3, -0.25) is 9.48 Å². The van der Waals surface area contributed by atoms with Gasteiger partial charge in [0, 0.05) is 38.1 Å². The molecule has 28 heavy (non-hydrogen) atoms. The van der Waals surface area contributed by atoms with Gasteiger partial charge in [-0.05, 0) is 32.9 Å². The van der Waals surface area contributed by atoms with Gasteiger partial charge in [0.05, 0.1) is 11.3 Å². The van der Waals surface area contributed by atoms with E-state index in [2.05, 4.69) is 36.0 Å². The minimum Gasteiger partial charge on any atom is -0.368 e. The van der Waals surface area contributed by atoms with Crippen LogP contribution in [0.3, 0.4) is 0 Å². The van der Waals surface area contributed by atoms with Crippen LogP contribution in [0.5, 0.6) is 0 Å². The maximum absolute atomic E-state index is 12.4. The molecule has 0 spiro atoms. The number of anilines is 3. The molecule has 0 saturated carbocycles. The third kappa shape index (κ3) is 4.61. The van der Waals surface area contributed by atoms with Crippen molar-refractivity contribution in [1.29, 1.82) is 0 Å². The standard InChI is InChI=1S/C19H24N8O/c1-12-18(13(2)27(4)26-12)19(28)22-10-9-21-16-11-17(24-14(3)23-16)25-15-7-5-6-8-20-15/h5-8,11H,9-10H2,1-4H3,(H,22,28)(H2,20,21,23,24,25). The summed E-state index contributed by atoms with van der Waals surface area (Å²) in [7, 11) is 1.83. The van der Waals surface area contributed by atoms with Gasteiger partial charge in [-0.25, -0.2) is 15.0 Å². The van der Waals surface area contributed by atoms with Crippen LogP contribution in [0.1, 0.15) is 27.6 Å². The molecule has 0 fully saturated rings. The van der Waals surface area contributed by atoms with Gasteiger partial charge in [0.15, 0.2) is 0 Å². The van der Waals surface area contributed by atoms with Crippen molar-refractivity contribution < 1.29 is 4.79 Å². The SMILES string of the molecule is Cc1nc(NCCNC(=O)c2c(C)nn(C)c2C)cc(Nc2ccccn2)n1. The topological polar surface area (TPSA) is 110 Å². The van der Waals surface area contributed by atoms with Crippen molar-refractivity contribution >= 4 is 23.4 Å². The fraction of sp³-hybridized carbons (Fsp3) is 0.316. The molecule has 9 nitrogen and oxygen atoms in total. The molecule has 3 aromatic rings. The van der Waals surface area contributed by atoms with Crippen LogP contribution in [0.25, 0.3) is 0 Å². The van der Waals surface area contributed by atoms with E-state index in [1.54, 1.807) is 16.9 Å².